The summed E-state index contributed by atoms with van der Waals surface area (Å²) in [7, 11) is 0. The van der Waals surface area contributed by atoms with E-state index in [0.29, 0.717) is 23.3 Å². The maximum atomic E-state index is 12.1. The molecule has 0 saturated heterocycles. The van der Waals surface area contributed by atoms with Crippen LogP contribution in [0.25, 0.3) is 21.7 Å². The number of rotatable bonds is 3. The lowest BCUT2D eigenvalue weighted by Crippen LogP contribution is -2.00. The van der Waals surface area contributed by atoms with E-state index < -0.39 is 0 Å². The summed E-state index contributed by atoms with van der Waals surface area (Å²) in [6, 6.07) is 21.3. The van der Waals surface area contributed by atoms with Gasteiger partial charge in [0.15, 0.2) is 0 Å². The van der Waals surface area contributed by atoms with Crippen LogP contribution in [0.5, 0.6) is 5.75 Å². The zero-order chi connectivity index (χ0) is 16.5. The number of hydrogen-bond donors (Lipinski definition) is 0. The van der Waals surface area contributed by atoms with Gasteiger partial charge in [0.05, 0.1) is 5.39 Å². The van der Waals surface area contributed by atoms with Crippen molar-refractivity contribution >= 4 is 21.7 Å². The highest BCUT2D eigenvalue weighted by Gasteiger charge is 2.08. The van der Waals surface area contributed by atoms with Gasteiger partial charge in [0.2, 0.25) is 0 Å². The fourth-order valence-electron chi connectivity index (χ4n) is 2.92. The Balaban J connectivity index is 1.71. The molecule has 0 unspecified atom stereocenters. The molecule has 0 amide bonds. The van der Waals surface area contributed by atoms with Gasteiger partial charge in [0.25, 0.3) is 0 Å². The van der Waals surface area contributed by atoms with Crippen LogP contribution in [-0.2, 0) is 6.61 Å². The summed E-state index contributed by atoms with van der Waals surface area (Å²) < 4.78 is 11.3. The summed E-state index contributed by atoms with van der Waals surface area (Å²) in [6.07, 6.45) is 0. The molecule has 0 radical (unpaired) electrons. The molecule has 3 heteroatoms. The highest BCUT2D eigenvalue weighted by Crippen LogP contribution is 2.26. The highest BCUT2D eigenvalue weighted by molar-refractivity contribution is 6.04. The Labute approximate surface area is 139 Å². The second-order valence-corrected chi connectivity index (χ2v) is 5.87. The first kappa shape index (κ1) is 14.5. The molecule has 4 aromatic rings. The largest absolute Gasteiger partial charge is 0.489 e. The average molecular weight is 316 g/mol. The predicted molar refractivity (Wildman–Crippen MR) is 95.5 cm³/mol. The van der Waals surface area contributed by atoms with Gasteiger partial charge < -0.3 is 9.15 Å². The van der Waals surface area contributed by atoms with Crippen LogP contribution in [0.2, 0.25) is 0 Å². The van der Waals surface area contributed by atoms with Gasteiger partial charge in [0, 0.05) is 11.5 Å². The third-order valence-corrected chi connectivity index (χ3v) is 4.08. The normalized spacial score (nSPS) is 11.0. The van der Waals surface area contributed by atoms with E-state index in [2.05, 4.69) is 19.1 Å². The van der Waals surface area contributed by atoms with Crippen LogP contribution in [0.15, 0.2) is 75.9 Å². The van der Waals surface area contributed by atoms with Crippen LogP contribution in [0, 0.1) is 6.92 Å². The van der Waals surface area contributed by atoms with Crippen LogP contribution < -0.4 is 10.4 Å². The molecule has 3 aromatic carbocycles. The molecular weight excluding hydrogens is 300 g/mol. The van der Waals surface area contributed by atoms with Crippen molar-refractivity contribution < 1.29 is 9.15 Å². The molecule has 0 atom stereocenters. The maximum Gasteiger partial charge on any atom is 0.344 e. The van der Waals surface area contributed by atoms with Crippen molar-refractivity contribution in [3.63, 3.8) is 0 Å². The first-order valence-corrected chi connectivity index (χ1v) is 7.85. The van der Waals surface area contributed by atoms with Gasteiger partial charge >= 0.3 is 5.63 Å². The van der Waals surface area contributed by atoms with E-state index >= 15 is 0 Å². The minimum Gasteiger partial charge on any atom is -0.489 e. The Morgan fingerprint density at radius 2 is 1.71 bits per heavy atom. The smallest absolute Gasteiger partial charge is 0.344 e. The Bertz CT molecular complexity index is 1090. The standard InChI is InChI=1S/C21H16O3/c1-14-5-4-6-15(11-14)13-23-16-9-10-18-17-7-2-3-8-19(17)21(22)24-20(18)12-16/h2-12H,13H2,1H3. The zero-order valence-corrected chi connectivity index (χ0v) is 13.3. The van der Waals surface area contributed by atoms with E-state index in [1.54, 1.807) is 12.1 Å². The van der Waals surface area contributed by atoms with Crippen molar-refractivity contribution in [3.05, 3.63) is 88.3 Å². The van der Waals surface area contributed by atoms with E-state index in [-0.39, 0.29) is 5.63 Å². The summed E-state index contributed by atoms with van der Waals surface area (Å²) in [6.45, 7) is 2.53. The van der Waals surface area contributed by atoms with Crippen molar-refractivity contribution in [1.29, 1.82) is 0 Å². The van der Waals surface area contributed by atoms with Gasteiger partial charge in [0.1, 0.15) is 17.9 Å². The number of hydrogen-bond acceptors (Lipinski definition) is 3. The van der Waals surface area contributed by atoms with Crippen molar-refractivity contribution in [2.24, 2.45) is 0 Å². The SMILES string of the molecule is Cc1cccc(COc2ccc3c(c2)oc(=O)c2ccccc23)c1. The average Bonchev–Trinajstić information content (AvgIpc) is 2.60. The molecule has 118 valence electrons. The Kier molecular flexibility index (Phi) is 3.54. The molecule has 0 fully saturated rings. The van der Waals surface area contributed by atoms with Gasteiger partial charge in [-0.15, -0.1) is 0 Å². The van der Waals surface area contributed by atoms with E-state index in [1.165, 1.54) is 5.56 Å². The minimum atomic E-state index is -0.325. The van der Waals surface area contributed by atoms with Crippen molar-refractivity contribution in [2.45, 2.75) is 13.5 Å². The fourth-order valence-corrected chi connectivity index (χ4v) is 2.92. The maximum absolute atomic E-state index is 12.1. The first-order chi connectivity index (χ1) is 11.7. The quantitative estimate of drug-likeness (QED) is 0.401. The van der Waals surface area contributed by atoms with Crippen LogP contribution in [0.3, 0.4) is 0 Å². The van der Waals surface area contributed by atoms with Crippen LogP contribution in [0.1, 0.15) is 11.1 Å². The molecule has 0 aliphatic carbocycles. The van der Waals surface area contributed by atoms with E-state index in [0.717, 1.165) is 16.3 Å². The number of fused-ring (bicyclic) bond motifs is 3. The van der Waals surface area contributed by atoms with Gasteiger partial charge in [-0.3, -0.25) is 0 Å². The van der Waals surface area contributed by atoms with Crippen molar-refractivity contribution in [2.75, 3.05) is 0 Å². The molecule has 1 heterocycles. The lowest BCUT2D eigenvalue weighted by molar-refractivity contribution is 0.306. The molecule has 0 aliphatic heterocycles. The van der Waals surface area contributed by atoms with Crippen LogP contribution in [0.4, 0.5) is 0 Å². The topological polar surface area (TPSA) is 39.4 Å². The lowest BCUT2D eigenvalue weighted by atomic mass is 10.1. The lowest BCUT2D eigenvalue weighted by Gasteiger charge is -2.08. The molecule has 0 N–H and O–H groups in total. The highest BCUT2D eigenvalue weighted by atomic mass is 16.5. The molecule has 24 heavy (non-hydrogen) atoms. The Morgan fingerprint density at radius 1 is 0.875 bits per heavy atom. The van der Waals surface area contributed by atoms with Crippen LogP contribution >= 0.6 is 0 Å². The summed E-state index contributed by atoms with van der Waals surface area (Å²) >= 11 is 0. The molecule has 0 saturated carbocycles. The second kappa shape index (κ2) is 5.85. The van der Waals surface area contributed by atoms with E-state index in [9.17, 15) is 4.79 Å². The molecule has 0 bridgehead atoms. The number of aryl methyl sites for hydroxylation is 1. The summed E-state index contributed by atoms with van der Waals surface area (Å²) in [4.78, 5) is 12.1. The van der Waals surface area contributed by atoms with E-state index in [1.807, 2.05) is 42.5 Å². The second-order valence-electron chi connectivity index (χ2n) is 5.87. The minimum absolute atomic E-state index is 0.325. The van der Waals surface area contributed by atoms with E-state index in [4.69, 9.17) is 9.15 Å². The monoisotopic (exact) mass is 316 g/mol. The Hall–Kier alpha value is -3.07. The molecule has 4 rings (SSSR count). The third kappa shape index (κ3) is 2.65. The molecule has 1 aromatic heterocycles. The third-order valence-electron chi connectivity index (χ3n) is 4.08. The summed E-state index contributed by atoms with van der Waals surface area (Å²) in [5.41, 5.74) is 2.52. The molecule has 0 aliphatic rings. The van der Waals surface area contributed by atoms with Crippen molar-refractivity contribution in [3.8, 4) is 5.75 Å². The molecule has 3 nitrogen and oxygen atoms in total. The Morgan fingerprint density at radius 3 is 2.54 bits per heavy atom. The van der Waals surface area contributed by atoms with Crippen molar-refractivity contribution in [1.82, 2.24) is 0 Å². The predicted octanol–water partition coefficient (Wildman–Crippen LogP) is 4.83. The summed E-state index contributed by atoms with van der Waals surface area (Å²) in [5, 5.41) is 2.40. The van der Waals surface area contributed by atoms with Gasteiger partial charge in [-0.05, 0) is 36.1 Å². The van der Waals surface area contributed by atoms with Gasteiger partial charge in [-0.1, -0.05) is 48.0 Å². The zero-order valence-electron chi connectivity index (χ0n) is 13.3. The fraction of sp³-hybridized carbons (Fsp3) is 0.0952. The molecule has 0 spiro atoms. The number of ether oxygens (including phenoxy) is 1. The van der Waals surface area contributed by atoms with Gasteiger partial charge in [-0.25, -0.2) is 4.79 Å². The summed E-state index contributed by atoms with van der Waals surface area (Å²) in [5.74, 6) is 0.683. The first-order valence-electron chi connectivity index (χ1n) is 7.85. The molecular formula is C21H16O3. The van der Waals surface area contributed by atoms with Gasteiger partial charge in [-0.2, -0.15) is 0 Å². The van der Waals surface area contributed by atoms with Crippen LogP contribution in [-0.4, -0.2) is 0 Å². The number of benzene rings is 3.